The molecule has 0 radical (unpaired) electrons. The van der Waals surface area contributed by atoms with Crippen LogP contribution in [0.1, 0.15) is 25.8 Å². The number of aryl methyl sites for hydroxylation is 1. The van der Waals surface area contributed by atoms with E-state index in [2.05, 4.69) is 0 Å². The summed E-state index contributed by atoms with van der Waals surface area (Å²) in [6, 6.07) is 6.60. The van der Waals surface area contributed by atoms with E-state index in [1.54, 1.807) is 24.3 Å². The van der Waals surface area contributed by atoms with Crippen molar-refractivity contribution in [3.05, 3.63) is 29.8 Å². The maximum absolute atomic E-state index is 11.4. The number of carbonyl (C=O) groups excluding carboxylic acids is 1. The molecule has 0 aliphatic carbocycles. The van der Waals surface area contributed by atoms with Crippen molar-refractivity contribution in [3.8, 4) is 5.75 Å². The zero-order chi connectivity index (χ0) is 14.6. The second-order valence-corrected chi connectivity index (χ2v) is 4.82. The van der Waals surface area contributed by atoms with E-state index < -0.39 is 11.5 Å². The molecule has 0 saturated heterocycles. The van der Waals surface area contributed by atoms with Crippen LogP contribution in [0, 0.1) is 0 Å². The highest BCUT2D eigenvalue weighted by Crippen LogP contribution is 2.22. The number of phenolic OH excluding ortho intramolecular Hbond substituents is 1. The second-order valence-electron chi connectivity index (χ2n) is 4.82. The highest BCUT2D eigenvalue weighted by atomic mass is 16.4. The zero-order valence-corrected chi connectivity index (χ0v) is 11.4. The number of aliphatic carboxylic acids is 1. The highest BCUT2D eigenvalue weighted by Gasteiger charge is 2.38. The van der Waals surface area contributed by atoms with Gasteiger partial charge in [0.15, 0.2) is 0 Å². The number of rotatable bonds is 5. The van der Waals surface area contributed by atoms with Gasteiger partial charge in [-0.1, -0.05) is 12.1 Å². The van der Waals surface area contributed by atoms with Crippen molar-refractivity contribution in [2.24, 2.45) is 0 Å². The second kappa shape index (κ2) is 5.73. The third kappa shape index (κ3) is 3.47. The first-order chi connectivity index (χ1) is 8.77. The van der Waals surface area contributed by atoms with Crippen molar-refractivity contribution in [1.29, 1.82) is 0 Å². The molecule has 0 spiro atoms. The fourth-order valence-electron chi connectivity index (χ4n) is 1.82. The molecule has 5 heteroatoms. The van der Waals surface area contributed by atoms with Gasteiger partial charge in [0.2, 0.25) is 5.91 Å². The summed E-state index contributed by atoms with van der Waals surface area (Å²) in [6.45, 7) is 2.89. The molecule has 0 fully saturated rings. The Kier molecular flexibility index (Phi) is 4.53. The van der Waals surface area contributed by atoms with Crippen LogP contribution in [0.25, 0.3) is 0 Å². The van der Waals surface area contributed by atoms with E-state index in [9.17, 15) is 19.8 Å². The van der Waals surface area contributed by atoms with Crippen molar-refractivity contribution in [3.63, 3.8) is 0 Å². The molecule has 0 aliphatic rings. The molecule has 1 amide bonds. The van der Waals surface area contributed by atoms with Crippen molar-refractivity contribution in [2.75, 3.05) is 7.05 Å². The molecular formula is C14H19NO4. The van der Waals surface area contributed by atoms with E-state index in [4.69, 9.17) is 0 Å². The molecule has 0 aromatic heterocycles. The minimum absolute atomic E-state index is 0.172. The van der Waals surface area contributed by atoms with Gasteiger partial charge in [-0.3, -0.25) is 4.79 Å². The van der Waals surface area contributed by atoms with Gasteiger partial charge in [0.1, 0.15) is 11.3 Å². The molecule has 5 nitrogen and oxygen atoms in total. The molecular weight excluding hydrogens is 246 g/mol. The largest absolute Gasteiger partial charge is 0.508 e. The number of carboxylic acid groups (broad SMARTS) is 1. The summed E-state index contributed by atoms with van der Waals surface area (Å²) in [7, 11) is 1.49. The monoisotopic (exact) mass is 265 g/mol. The van der Waals surface area contributed by atoms with Crippen LogP contribution in [0.3, 0.4) is 0 Å². The first-order valence-corrected chi connectivity index (χ1v) is 6.03. The van der Waals surface area contributed by atoms with Crippen LogP contribution in [-0.2, 0) is 16.0 Å². The van der Waals surface area contributed by atoms with E-state index in [0.29, 0.717) is 12.8 Å². The SMILES string of the molecule is CC(=O)N(C)C(C)(CCc1ccc(O)cc1)C(=O)O. The number of phenols is 1. The predicted molar refractivity (Wildman–Crippen MR) is 70.9 cm³/mol. The lowest BCUT2D eigenvalue weighted by Crippen LogP contribution is -2.52. The van der Waals surface area contributed by atoms with Gasteiger partial charge in [0.25, 0.3) is 0 Å². The van der Waals surface area contributed by atoms with E-state index >= 15 is 0 Å². The number of nitrogens with zero attached hydrogens (tertiary/aromatic N) is 1. The maximum atomic E-state index is 11.4. The van der Waals surface area contributed by atoms with E-state index in [-0.39, 0.29) is 11.7 Å². The molecule has 1 atom stereocenters. The van der Waals surface area contributed by atoms with Gasteiger partial charge >= 0.3 is 5.97 Å². The van der Waals surface area contributed by atoms with Gasteiger partial charge < -0.3 is 15.1 Å². The van der Waals surface area contributed by atoms with Crippen LogP contribution in [0.4, 0.5) is 0 Å². The first-order valence-electron chi connectivity index (χ1n) is 6.03. The van der Waals surface area contributed by atoms with Gasteiger partial charge in [-0.25, -0.2) is 4.79 Å². The molecule has 1 rings (SSSR count). The maximum Gasteiger partial charge on any atom is 0.329 e. The number of hydrogen-bond donors (Lipinski definition) is 2. The molecule has 1 aromatic carbocycles. The van der Waals surface area contributed by atoms with Crippen LogP contribution in [0.15, 0.2) is 24.3 Å². The number of likely N-dealkylation sites (N-methyl/N-ethyl adjacent to an activating group) is 1. The molecule has 0 saturated carbocycles. The van der Waals surface area contributed by atoms with Crippen LogP contribution in [-0.4, -0.2) is 39.6 Å². The zero-order valence-electron chi connectivity index (χ0n) is 11.4. The molecule has 19 heavy (non-hydrogen) atoms. The Morgan fingerprint density at radius 2 is 1.79 bits per heavy atom. The summed E-state index contributed by atoms with van der Waals surface area (Å²) < 4.78 is 0. The van der Waals surface area contributed by atoms with E-state index in [0.717, 1.165) is 5.56 Å². The number of hydrogen-bond acceptors (Lipinski definition) is 3. The van der Waals surface area contributed by atoms with Gasteiger partial charge in [-0.05, 0) is 37.5 Å². The van der Waals surface area contributed by atoms with Crippen molar-refractivity contribution < 1.29 is 19.8 Å². The number of carboxylic acids is 1. The summed E-state index contributed by atoms with van der Waals surface area (Å²) >= 11 is 0. The average Bonchev–Trinajstić information content (AvgIpc) is 2.36. The standard InChI is InChI=1S/C14H19NO4/c1-10(16)15(3)14(2,13(18)19)9-8-11-4-6-12(17)7-5-11/h4-7,17H,8-9H2,1-3H3,(H,18,19). The minimum atomic E-state index is -1.23. The predicted octanol–water partition coefficient (Wildman–Crippen LogP) is 1.65. The van der Waals surface area contributed by atoms with Gasteiger partial charge in [-0.15, -0.1) is 0 Å². The lowest BCUT2D eigenvalue weighted by molar-refractivity contribution is -0.156. The normalized spacial score (nSPS) is 13.6. The summed E-state index contributed by atoms with van der Waals surface area (Å²) in [5.74, 6) is -1.13. The first kappa shape index (κ1) is 15.0. The van der Waals surface area contributed by atoms with Crippen molar-refractivity contribution in [2.45, 2.75) is 32.2 Å². The Bertz CT molecular complexity index is 469. The summed E-state index contributed by atoms with van der Waals surface area (Å²) in [6.07, 6.45) is 0.823. The Morgan fingerprint density at radius 3 is 2.21 bits per heavy atom. The molecule has 1 aromatic rings. The Balaban J connectivity index is 2.83. The van der Waals surface area contributed by atoms with Crippen LogP contribution >= 0.6 is 0 Å². The van der Waals surface area contributed by atoms with Crippen molar-refractivity contribution >= 4 is 11.9 Å². The Morgan fingerprint density at radius 1 is 1.26 bits per heavy atom. The molecule has 104 valence electrons. The molecule has 0 bridgehead atoms. The third-order valence-electron chi connectivity index (χ3n) is 3.51. The molecule has 2 N–H and O–H groups in total. The van der Waals surface area contributed by atoms with Crippen molar-refractivity contribution in [1.82, 2.24) is 4.90 Å². The molecule has 0 heterocycles. The number of benzene rings is 1. The Hall–Kier alpha value is -2.04. The lowest BCUT2D eigenvalue weighted by atomic mass is 9.91. The fourth-order valence-corrected chi connectivity index (χ4v) is 1.82. The minimum Gasteiger partial charge on any atom is -0.508 e. The summed E-state index contributed by atoms with van der Waals surface area (Å²) in [5, 5.41) is 18.5. The Labute approximate surface area is 112 Å². The summed E-state index contributed by atoms with van der Waals surface area (Å²) in [4.78, 5) is 24.0. The molecule has 1 unspecified atom stereocenters. The average molecular weight is 265 g/mol. The lowest BCUT2D eigenvalue weighted by Gasteiger charge is -2.34. The fraction of sp³-hybridized carbons (Fsp3) is 0.429. The topological polar surface area (TPSA) is 77.8 Å². The summed E-state index contributed by atoms with van der Waals surface area (Å²) in [5.41, 5.74) is -0.314. The van der Waals surface area contributed by atoms with Crippen LogP contribution < -0.4 is 0 Å². The number of aromatic hydroxyl groups is 1. The van der Waals surface area contributed by atoms with Gasteiger partial charge in [-0.2, -0.15) is 0 Å². The quantitative estimate of drug-likeness (QED) is 0.848. The highest BCUT2D eigenvalue weighted by molar-refractivity contribution is 5.85. The number of amides is 1. The van der Waals surface area contributed by atoms with Crippen LogP contribution in [0.2, 0.25) is 0 Å². The van der Waals surface area contributed by atoms with Gasteiger partial charge in [0, 0.05) is 14.0 Å². The molecule has 0 aliphatic heterocycles. The number of carbonyl (C=O) groups is 2. The van der Waals surface area contributed by atoms with Crippen LogP contribution in [0.5, 0.6) is 5.75 Å². The van der Waals surface area contributed by atoms with E-state index in [1.165, 1.54) is 25.8 Å². The smallest absolute Gasteiger partial charge is 0.329 e. The van der Waals surface area contributed by atoms with E-state index in [1.807, 2.05) is 0 Å². The van der Waals surface area contributed by atoms with Gasteiger partial charge in [0.05, 0.1) is 0 Å². The third-order valence-corrected chi connectivity index (χ3v) is 3.51.